The zero-order chi connectivity index (χ0) is 11.8. The number of rotatable bonds is 3. The van der Waals surface area contributed by atoms with E-state index >= 15 is 0 Å². The van der Waals surface area contributed by atoms with Crippen LogP contribution in [0.5, 0.6) is 0 Å². The van der Waals surface area contributed by atoms with Gasteiger partial charge in [0.1, 0.15) is 0 Å². The van der Waals surface area contributed by atoms with Gasteiger partial charge in [0.25, 0.3) is 0 Å². The fourth-order valence-corrected chi connectivity index (χ4v) is 2.15. The molecule has 1 atom stereocenters. The first-order valence-electron chi connectivity index (χ1n) is 6.00. The van der Waals surface area contributed by atoms with Gasteiger partial charge in [0.05, 0.1) is 6.10 Å². The van der Waals surface area contributed by atoms with Gasteiger partial charge < -0.3 is 5.11 Å². The lowest BCUT2D eigenvalue weighted by atomic mass is 9.84. The third-order valence-electron chi connectivity index (χ3n) is 3.99. The average Bonchev–Trinajstić information content (AvgIpc) is 2.16. The molecule has 2 rings (SSSR count). The van der Waals surface area contributed by atoms with Crippen LogP contribution in [0.4, 0.5) is 0 Å². The maximum Gasteiger partial charge on any atom is 0.0690 e. The van der Waals surface area contributed by atoms with Gasteiger partial charge in [0.2, 0.25) is 0 Å². The summed E-state index contributed by atoms with van der Waals surface area (Å²) in [6, 6.07) is 10.6. The first kappa shape index (κ1) is 11.6. The number of hydrogen-bond acceptors (Lipinski definition) is 2. The van der Waals surface area contributed by atoms with Crippen molar-refractivity contribution in [3.8, 4) is 0 Å². The molecular weight excluding hydrogens is 198 g/mol. The summed E-state index contributed by atoms with van der Waals surface area (Å²) in [5.41, 5.74) is 1.31. The predicted octanol–water partition coefficient (Wildman–Crippen LogP) is 2.25. The predicted molar refractivity (Wildman–Crippen MR) is 66.5 cm³/mol. The van der Waals surface area contributed by atoms with E-state index < -0.39 is 0 Å². The van der Waals surface area contributed by atoms with Crippen LogP contribution in [0.2, 0.25) is 0 Å². The quantitative estimate of drug-likeness (QED) is 0.843. The highest BCUT2D eigenvalue weighted by atomic mass is 16.3. The van der Waals surface area contributed by atoms with E-state index in [1.54, 1.807) is 0 Å². The van der Waals surface area contributed by atoms with E-state index in [-0.39, 0.29) is 11.6 Å². The number of likely N-dealkylation sites (tertiary alicyclic amines) is 1. The van der Waals surface area contributed by atoms with Gasteiger partial charge in [-0.1, -0.05) is 30.3 Å². The molecule has 0 radical (unpaired) electrons. The molecule has 2 nitrogen and oxygen atoms in total. The summed E-state index contributed by atoms with van der Waals surface area (Å²) in [6.07, 6.45) is -0.288. The van der Waals surface area contributed by atoms with E-state index in [0.717, 1.165) is 13.1 Å². The van der Waals surface area contributed by atoms with E-state index in [1.165, 1.54) is 5.56 Å². The lowest BCUT2D eigenvalue weighted by Gasteiger charge is -2.50. The van der Waals surface area contributed by atoms with Crippen LogP contribution in [0.1, 0.15) is 32.3 Å². The number of hydrogen-bond donors (Lipinski definition) is 1. The molecular formula is C14H21NO. The molecule has 1 fully saturated rings. The molecule has 1 aliphatic rings. The van der Waals surface area contributed by atoms with Crippen LogP contribution in [-0.4, -0.2) is 34.7 Å². The largest absolute Gasteiger partial charge is 0.392 e. The Labute approximate surface area is 97.9 Å². The smallest absolute Gasteiger partial charge is 0.0690 e. The van der Waals surface area contributed by atoms with Gasteiger partial charge in [0.15, 0.2) is 0 Å². The van der Waals surface area contributed by atoms with Crippen molar-refractivity contribution in [2.24, 2.45) is 0 Å². The van der Waals surface area contributed by atoms with Crippen LogP contribution >= 0.6 is 0 Å². The Balaban J connectivity index is 1.96. The van der Waals surface area contributed by atoms with Crippen LogP contribution in [0.15, 0.2) is 30.3 Å². The van der Waals surface area contributed by atoms with Crippen molar-refractivity contribution >= 4 is 0 Å². The SMILES string of the molecule is CC(O)C(C)(C)N1CC(c2ccccc2)C1. The van der Waals surface area contributed by atoms with E-state index in [4.69, 9.17) is 0 Å². The summed E-state index contributed by atoms with van der Waals surface area (Å²) in [5.74, 6) is 0.638. The molecule has 1 saturated heterocycles. The first-order valence-corrected chi connectivity index (χ1v) is 6.00. The topological polar surface area (TPSA) is 23.5 Å². The monoisotopic (exact) mass is 219 g/mol. The molecule has 1 unspecified atom stereocenters. The minimum atomic E-state index is -0.288. The molecule has 0 aliphatic carbocycles. The molecule has 1 aliphatic heterocycles. The highest BCUT2D eigenvalue weighted by molar-refractivity contribution is 5.23. The summed E-state index contributed by atoms with van der Waals surface area (Å²) in [6.45, 7) is 8.21. The van der Waals surface area contributed by atoms with Crippen molar-refractivity contribution in [1.29, 1.82) is 0 Å². The number of benzene rings is 1. The fraction of sp³-hybridized carbons (Fsp3) is 0.571. The Bertz CT molecular complexity index is 339. The molecule has 0 bridgehead atoms. The summed E-state index contributed by atoms with van der Waals surface area (Å²) >= 11 is 0. The Hall–Kier alpha value is -0.860. The van der Waals surface area contributed by atoms with Crippen molar-refractivity contribution in [3.05, 3.63) is 35.9 Å². The Morgan fingerprint density at radius 2 is 1.81 bits per heavy atom. The third-order valence-corrected chi connectivity index (χ3v) is 3.99. The van der Waals surface area contributed by atoms with Crippen LogP contribution in [0, 0.1) is 0 Å². The minimum Gasteiger partial charge on any atom is -0.392 e. The van der Waals surface area contributed by atoms with Crippen LogP contribution in [0.25, 0.3) is 0 Å². The van der Waals surface area contributed by atoms with Gasteiger partial charge in [-0.2, -0.15) is 0 Å². The molecule has 1 N–H and O–H groups in total. The summed E-state index contributed by atoms with van der Waals surface area (Å²) < 4.78 is 0. The number of aliphatic hydroxyl groups is 1. The zero-order valence-corrected chi connectivity index (χ0v) is 10.4. The van der Waals surface area contributed by atoms with Crippen molar-refractivity contribution in [3.63, 3.8) is 0 Å². The molecule has 0 aromatic heterocycles. The molecule has 1 aromatic carbocycles. The highest BCUT2D eigenvalue weighted by Gasteiger charge is 2.40. The van der Waals surface area contributed by atoms with Crippen molar-refractivity contribution in [2.45, 2.75) is 38.3 Å². The zero-order valence-electron chi connectivity index (χ0n) is 10.4. The second kappa shape index (κ2) is 4.19. The second-order valence-corrected chi connectivity index (χ2v) is 5.34. The summed E-state index contributed by atoms with van der Waals surface area (Å²) in [4.78, 5) is 2.36. The molecule has 1 aromatic rings. The molecule has 0 spiro atoms. The van der Waals surface area contributed by atoms with Gasteiger partial charge in [-0.15, -0.1) is 0 Å². The lowest BCUT2D eigenvalue weighted by Crippen LogP contribution is -2.60. The molecule has 0 saturated carbocycles. The standard InChI is InChI=1S/C14H21NO/c1-11(16)14(2,3)15-9-13(10-15)12-7-5-4-6-8-12/h4-8,11,13,16H,9-10H2,1-3H3. The van der Waals surface area contributed by atoms with E-state index in [0.29, 0.717) is 5.92 Å². The molecule has 2 heteroatoms. The van der Waals surface area contributed by atoms with E-state index in [9.17, 15) is 5.11 Å². The van der Waals surface area contributed by atoms with Gasteiger partial charge in [-0.25, -0.2) is 0 Å². The van der Waals surface area contributed by atoms with E-state index in [1.807, 2.05) is 6.92 Å². The number of nitrogens with zero attached hydrogens (tertiary/aromatic N) is 1. The Morgan fingerprint density at radius 3 is 2.31 bits per heavy atom. The Morgan fingerprint density at radius 1 is 1.25 bits per heavy atom. The van der Waals surface area contributed by atoms with Crippen LogP contribution in [-0.2, 0) is 0 Å². The molecule has 88 valence electrons. The van der Waals surface area contributed by atoms with Crippen LogP contribution < -0.4 is 0 Å². The third kappa shape index (κ3) is 2.00. The normalized spacial score (nSPS) is 20.5. The van der Waals surface area contributed by atoms with Gasteiger partial charge in [-0.3, -0.25) is 4.90 Å². The average molecular weight is 219 g/mol. The van der Waals surface area contributed by atoms with Crippen molar-refractivity contribution in [1.82, 2.24) is 4.90 Å². The maximum atomic E-state index is 9.73. The molecule has 0 amide bonds. The van der Waals surface area contributed by atoms with Gasteiger partial charge >= 0.3 is 0 Å². The Kier molecular flexibility index (Phi) is 3.04. The van der Waals surface area contributed by atoms with Crippen molar-refractivity contribution < 1.29 is 5.11 Å². The molecule has 1 heterocycles. The first-order chi connectivity index (χ1) is 7.51. The minimum absolute atomic E-state index is 0.106. The van der Waals surface area contributed by atoms with Gasteiger partial charge in [-0.05, 0) is 26.3 Å². The van der Waals surface area contributed by atoms with Crippen molar-refractivity contribution in [2.75, 3.05) is 13.1 Å². The number of aliphatic hydroxyl groups excluding tert-OH is 1. The summed E-state index contributed by atoms with van der Waals surface area (Å²) in [7, 11) is 0. The highest BCUT2D eigenvalue weighted by Crippen LogP contribution is 2.33. The van der Waals surface area contributed by atoms with Gasteiger partial charge in [0, 0.05) is 24.5 Å². The fourth-order valence-electron chi connectivity index (χ4n) is 2.15. The molecule has 16 heavy (non-hydrogen) atoms. The summed E-state index contributed by atoms with van der Waals surface area (Å²) in [5, 5.41) is 9.73. The second-order valence-electron chi connectivity index (χ2n) is 5.34. The van der Waals surface area contributed by atoms with Crippen LogP contribution in [0.3, 0.4) is 0 Å². The van der Waals surface area contributed by atoms with E-state index in [2.05, 4.69) is 49.1 Å². The maximum absolute atomic E-state index is 9.73. The lowest BCUT2D eigenvalue weighted by molar-refractivity contribution is -0.0436.